The zero-order valence-corrected chi connectivity index (χ0v) is 37.7. The Morgan fingerprint density at radius 1 is 0.473 bits per heavy atom. The fraction of sp³-hybridized carbons (Fsp3) is 0.612. The summed E-state index contributed by atoms with van der Waals surface area (Å²) in [5, 5.41) is 19.0. The predicted molar refractivity (Wildman–Crippen MR) is 231 cm³/mol. The summed E-state index contributed by atoms with van der Waals surface area (Å²) in [6, 6.07) is 27.3. The minimum Gasteiger partial charge on any atom is -1.00 e. The third-order valence-corrected chi connectivity index (χ3v) is 10.3. The maximum absolute atomic E-state index is 10.7. The number of hydrogen-bond donors (Lipinski definition) is 1. The molecule has 3 rings (SSSR count). The Hall–Kier alpha value is -2.67. The molecule has 0 spiro atoms. The third kappa shape index (κ3) is 30.2. The molecule has 0 aromatic heterocycles. The van der Waals surface area contributed by atoms with Gasteiger partial charge in [0, 0.05) is 11.1 Å². The molecule has 0 aliphatic carbocycles. The van der Waals surface area contributed by atoms with Crippen LogP contribution in [0.3, 0.4) is 0 Å². The second kappa shape index (κ2) is 33.5. The van der Waals surface area contributed by atoms with E-state index in [2.05, 4.69) is 103 Å². The topological polar surface area (TPSA) is 60.4 Å². The van der Waals surface area contributed by atoms with Crippen molar-refractivity contribution >= 4 is 5.97 Å². The van der Waals surface area contributed by atoms with Crippen molar-refractivity contribution in [3.63, 3.8) is 0 Å². The zero-order valence-electron chi connectivity index (χ0n) is 36.1. The quantitative estimate of drug-likeness (QED) is 0.0616. The van der Waals surface area contributed by atoms with Crippen molar-refractivity contribution in [2.24, 2.45) is 0 Å². The van der Waals surface area contributed by atoms with Gasteiger partial charge in [-0.1, -0.05) is 201 Å². The zero-order chi connectivity index (χ0) is 39.8. The number of carbonyl (C=O) groups is 1. The number of benzene rings is 3. The van der Waals surface area contributed by atoms with Gasteiger partial charge in [-0.15, -0.1) is 0 Å². The molecule has 3 aromatic carbocycles. The largest absolute Gasteiger partial charge is 1.00 e. The molecule has 5 nitrogen and oxygen atoms in total. The standard InChI is InChI=1S/2C21H38N.C7H6O3.BrH/c2*1-4-5-6-7-8-9-10-11-12-16-19-22(2,3)20-21-17-14-13-15-18-21;8-6-4-2-1-3-5(6)7(9)10;/h2*13-15,17-18H,4-12,16,19-20H2,1-3H3;1-4,8H,(H,9,10);1H/q2*+1;;/p-2. The molecule has 0 fully saturated rings. The highest BCUT2D eigenvalue weighted by atomic mass is 79.9. The van der Waals surface area contributed by atoms with Crippen LogP contribution in [0.2, 0.25) is 0 Å². The monoisotopic (exact) mass is 825 g/mol. The highest BCUT2D eigenvalue weighted by Gasteiger charge is 2.16. The minimum absolute atomic E-state index is 0. The minimum atomic E-state index is -1.18. The van der Waals surface area contributed by atoms with Crippen LogP contribution in [-0.2, 0) is 13.1 Å². The normalized spacial score (nSPS) is 11.1. The van der Waals surface area contributed by atoms with Crippen LogP contribution in [0.4, 0.5) is 0 Å². The van der Waals surface area contributed by atoms with Gasteiger partial charge in [-0.25, -0.2) is 4.79 Å². The number of carboxylic acid groups (broad SMARTS) is 1. The molecular weight excluding hydrogens is 744 g/mol. The SMILES string of the molecule is CCCCCCCCCCCC[N+](C)(C)Cc1ccccc1.CCCCCCCCCCCC[N+](C)(C)Cc1ccccc1.O=C(O)c1ccccc1[O-].[Br-]. The highest BCUT2D eigenvalue weighted by molar-refractivity contribution is 5.90. The Morgan fingerprint density at radius 2 is 0.764 bits per heavy atom. The number of hydrogen-bond acceptors (Lipinski definition) is 2. The fourth-order valence-corrected chi connectivity index (χ4v) is 7.01. The number of unbranched alkanes of at least 4 members (excludes halogenated alkanes) is 18. The van der Waals surface area contributed by atoms with Crippen LogP contribution in [0.15, 0.2) is 84.9 Å². The van der Waals surface area contributed by atoms with Crippen molar-refractivity contribution in [1.29, 1.82) is 0 Å². The van der Waals surface area contributed by atoms with Gasteiger partial charge in [0.15, 0.2) is 0 Å². The molecular formula is C49H81BrN2O3. The Balaban J connectivity index is 0.000000840. The van der Waals surface area contributed by atoms with Gasteiger partial charge in [-0.05, 0) is 31.7 Å². The number of quaternary nitrogens is 2. The van der Waals surface area contributed by atoms with Crippen LogP contribution in [0.5, 0.6) is 5.75 Å². The first kappa shape index (κ1) is 52.3. The van der Waals surface area contributed by atoms with E-state index < -0.39 is 11.7 Å². The lowest BCUT2D eigenvalue weighted by atomic mass is 10.1. The average molecular weight is 826 g/mol. The van der Waals surface area contributed by atoms with Crippen molar-refractivity contribution in [3.05, 3.63) is 102 Å². The smallest absolute Gasteiger partial charge is 0.335 e. The maximum atomic E-state index is 10.7. The van der Waals surface area contributed by atoms with Crippen molar-refractivity contribution in [3.8, 4) is 5.75 Å². The van der Waals surface area contributed by atoms with E-state index in [0.29, 0.717) is 0 Å². The van der Waals surface area contributed by atoms with E-state index in [4.69, 9.17) is 5.11 Å². The van der Waals surface area contributed by atoms with Crippen molar-refractivity contribution in [2.75, 3.05) is 41.3 Å². The highest BCUT2D eigenvalue weighted by Crippen LogP contribution is 2.16. The summed E-state index contributed by atoms with van der Waals surface area (Å²) in [5.74, 6) is -1.62. The molecule has 0 heterocycles. The third-order valence-electron chi connectivity index (χ3n) is 10.3. The molecule has 55 heavy (non-hydrogen) atoms. The number of nitrogens with zero attached hydrogens (tertiary/aromatic N) is 2. The molecule has 312 valence electrons. The fourth-order valence-electron chi connectivity index (χ4n) is 7.01. The van der Waals surface area contributed by atoms with Crippen LogP contribution in [0.1, 0.15) is 164 Å². The Kier molecular flexibility index (Phi) is 31.8. The first-order valence-corrected chi connectivity index (χ1v) is 21.7. The molecule has 0 radical (unpaired) electrons. The van der Waals surface area contributed by atoms with E-state index in [-0.39, 0.29) is 22.5 Å². The van der Waals surface area contributed by atoms with Gasteiger partial charge in [-0.2, -0.15) is 0 Å². The first-order valence-electron chi connectivity index (χ1n) is 21.7. The number of halogens is 1. The van der Waals surface area contributed by atoms with Crippen molar-refractivity contribution in [2.45, 2.75) is 155 Å². The van der Waals surface area contributed by atoms with Gasteiger partial charge in [0.25, 0.3) is 0 Å². The van der Waals surface area contributed by atoms with Gasteiger partial charge in [0.05, 0.1) is 46.8 Å². The molecule has 0 unspecified atom stereocenters. The van der Waals surface area contributed by atoms with Crippen LogP contribution >= 0.6 is 0 Å². The van der Waals surface area contributed by atoms with Crippen LogP contribution < -0.4 is 22.1 Å². The predicted octanol–water partition coefficient (Wildman–Crippen LogP) is 9.83. The van der Waals surface area contributed by atoms with E-state index in [1.807, 2.05) is 0 Å². The molecule has 0 atom stereocenters. The van der Waals surface area contributed by atoms with Gasteiger partial charge in [-0.3, -0.25) is 0 Å². The second-order valence-corrected chi connectivity index (χ2v) is 16.8. The lowest BCUT2D eigenvalue weighted by Gasteiger charge is -2.30. The second-order valence-electron chi connectivity index (χ2n) is 16.8. The molecule has 6 heteroatoms. The molecule has 0 bridgehead atoms. The van der Waals surface area contributed by atoms with Crippen LogP contribution in [-0.4, -0.2) is 61.3 Å². The Labute approximate surface area is 349 Å². The molecule has 1 N–H and O–H groups in total. The number of carboxylic acids is 1. The number of rotatable bonds is 27. The summed E-state index contributed by atoms with van der Waals surface area (Å²) in [6.07, 6.45) is 28.5. The van der Waals surface area contributed by atoms with E-state index in [0.717, 1.165) is 22.1 Å². The van der Waals surface area contributed by atoms with Gasteiger partial charge in [0.2, 0.25) is 0 Å². The van der Waals surface area contributed by atoms with Gasteiger partial charge < -0.3 is 36.2 Å². The van der Waals surface area contributed by atoms with Gasteiger partial charge in [0.1, 0.15) is 13.1 Å². The molecule has 3 aromatic rings. The molecule has 0 aliphatic rings. The van der Waals surface area contributed by atoms with E-state index in [1.165, 1.54) is 177 Å². The summed E-state index contributed by atoms with van der Waals surface area (Å²) in [5.41, 5.74) is 2.74. The summed E-state index contributed by atoms with van der Waals surface area (Å²) in [4.78, 5) is 10.2. The van der Waals surface area contributed by atoms with E-state index in [1.54, 1.807) is 0 Å². The molecule has 0 saturated heterocycles. The van der Waals surface area contributed by atoms with Crippen molar-refractivity contribution in [1.82, 2.24) is 0 Å². The summed E-state index contributed by atoms with van der Waals surface area (Å²) >= 11 is 0. The Bertz CT molecular complexity index is 1230. The van der Waals surface area contributed by atoms with Crippen molar-refractivity contribution < 1.29 is 41.0 Å². The molecule has 0 amide bonds. The molecule has 0 saturated carbocycles. The Morgan fingerprint density at radius 3 is 1.05 bits per heavy atom. The number of aromatic carboxylic acids is 1. The lowest BCUT2D eigenvalue weighted by molar-refractivity contribution is -0.903. The summed E-state index contributed by atoms with van der Waals surface area (Å²) < 4.78 is 2.22. The van der Waals surface area contributed by atoms with E-state index >= 15 is 0 Å². The molecule has 0 aliphatic heterocycles. The number of para-hydroxylation sites is 1. The van der Waals surface area contributed by atoms with E-state index in [9.17, 15) is 9.90 Å². The maximum Gasteiger partial charge on any atom is 0.335 e. The van der Waals surface area contributed by atoms with Crippen LogP contribution in [0, 0.1) is 0 Å². The van der Waals surface area contributed by atoms with Gasteiger partial charge >= 0.3 is 5.97 Å². The van der Waals surface area contributed by atoms with Crippen LogP contribution in [0.25, 0.3) is 0 Å². The average Bonchev–Trinajstić information content (AvgIpc) is 3.14. The first-order chi connectivity index (χ1) is 26.0. The summed E-state index contributed by atoms with van der Waals surface area (Å²) in [7, 11) is 9.45. The summed E-state index contributed by atoms with van der Waals surface area (Å²) in [6.45, 7) is 9.48. The lowest BCUT2D eigenvalue weighted by Crippen LogP contribution is -3.00.